The lowest BCUT2D eigenvalue weighted by atomic mass is 9.95. The number of piperidine rings is 1. The normalized spacial score (nSPS) is 19.6. The molecule has 0 spiro atoms. The first-order valence-corrected chi connectivity index (χ1v) is 10.1. The van der Waals surface area contributed by atoms with Crippen LogP contribution in [0, 0.1) is 12.8 Å². The van der Waals surface area contributed by atoms with Crippen molar-refractivity contribution in [2.45, 2.75) is 26.3 Å². The molecule has 2 aromatic rings. The number of likely N-dealkylation sites (tertiary alicyclic amines) is 1. The number of rotatable bonds is 3. The van der Waals surface area contributed by atoms with E-state index in [0.29, 0.717) is 19.1 Å². The minimum atomic E-state index is 0.140. The molecule has 0 unspecified atom stereocenters. The maximum atomic E-state index is 12.7. The minimum absolute atomic E-state index is 0.140. The van der Waals surface area contributed by atoms with Gasteiger partial charge in [0.25, 0.3) is 0 Å². The van der Waals surface area contributed by atoms with Gasteiger partial charge in [0.1, 0.15) is 0 Å². The molecule has 1 aromatic heterocycles. The van der Waals surface area contributed by atoms with E-state index < -0.39 is 0 Å². The molecule has 0 atom stereocenters. The van der Waals surface area contributed by atoms with Crippen molar-refractivity contribution < 1.29 is 9.53 Å². The highest BCUT2D eigenvalue weighted by Gasteiger charge is 2.29. The van der Waals surface area contributed by atoms with Crippen LogP contribution in [0.2, 0.25) is 5.02 Å². The summed E-state index contributed by atoms with van der Waals surface area (Å²) >= 11 is 6.61. The first-order chi connectivity index (χ1) is 13.1. The van der Waals surface area contributed by atoms with Crippen LogP contribution in [-0.4, -0.2) is 60.1 Å². The molecule has 1 aromatic carbocycles. The lowest BCUT2D eigenvalue weighted by Gasteiger charge is -2.35. The average molecular weight is 388 g/mol. The summed E-state index contributed by atoms with van der Waals surface area (Å²) in [5, 5.41) is 1.88. The third kappa shape index (κ3) is 3.96. The van der Waals surface area contributed by atoms with Gasteiger partial charge in [0.15, 0.2) is 0 Å². The monoisotopic (exact) mass is 387 g/mol. The quantitative estimate of drug-likeness (QED) is 0.810. The van der Waals surface area contributed by atoms with Gasteiger partial charge >= 0.3 is 0 Å². The van der Waals surface area contributed by atoms with Crippen molar-refractivity contribution in [2.24, 2.45) is 5.92 Å². The SMILES string of the molecule is Cc1c(Cl)c(CN2CCC(C(=O)N3CCOCC3)CC2)nc2ccccc12. The third-order valence-corrected chi connectivity index (χ3v) is 6.28. The molecule has 0 bridgehead atoms. The van der Waals surface area contributed by atoms with Gasteiger partial charge < -0.3 is 9.64 Å². The number of fused-ring (bicyclic) bond motifs is 1. The predicted molar refractivity (Wildman–Crippen MR) is 107 cm³/mol. The fourth-order valence-electron chi connectivity index (χ4n) is 4.11. The van der Waals surface area contributed by atoms with Crippen molar-refractivity contribution >= 4 is 28.4 Å². The molecule has 0 aliphatic carbocycles. The highest BCUT2D eigenvalue weighted by molar-refractivity contribution is 6.32. The maximum absolute atomic E-state index is 12.7. The number of halogens is 1. The van der Waals surface area contributed by atoms with Crippen LogP contribution in [0.3, 0.4) is 0 Å². The molecule has 144 valence electrons. The molecule has 2 saturated heterocycles. The number of para-hydroxylation sites is 1. The van der Waals surface area contributed by atoms with Crippen molar-refractivity contribution in [3.8, 4) is 0 Å². The number of carbonyl (C=O) groups is 1. The van der Waals surface area contributed by atoms with Gasteiger partial charge in [-0.3, -0.25) is 9.69 Å². The number of pyridine rings is 1. The Morgan fingerprint density at radius 1 is 1.19 bits per heavy atom. The van der Waals surface area contributed by atoms with E-state index in [1.165, 1.54) is 0 Å². The molecule has 2 fully saturated rings. The second-order valence-corrected chi connectivity index (χ2v) is 7.88. The summed E-state index contributed by atoms with van der Waals surface area (Å²) < 4.78 is 5.35. The molecule has 2 aliphatic rings. The number of carbonyl (C=O) groups excluding carboxylic acids is 1. The Labute approximate surface area is 165 Å². The summed E-state index contributed by atoms with van der Waals surface area (Å²) in [6.45, 7) is 7.40. The van der Waals surface area contributed by atoms with E-state index in [-0.39, 0.29) is 5.92 Å². The Hall–Kier alpha value is -1.69. The minimum Gasteiger partial charge on any atom is -0.378 e. The van der Waals surface area contributed by atoms with E-state index in [2.05, 4.69) is 17.9 Å². The number of ether oxygens (including phenoxy) is 1. The van der Waals surface area contributed by atoms with E-state index in [1.54, 1.807) is 0 Å². The largest absolute Gasteiger partial charge is 0.378 e. The van der Waals surface area contributed by atoms with Crippen molar-refractivity contribution in [2.75, 3.05) is 39.4 Å². The summed E-state index contributed by atoms with van der Waals surface area (Å²) in [6, 6.07) is 8.13. The summed E-state index contributed by atoms with van der Waals surface area (Å²) in [5.74, 6) is 0.441. The first kappa shape index (κ1) is 18.7. The van der Waals surface area contributed by atoms with Crippen LogP contribution < -0.4 is 0 Å². The van der Waals surface area contributed by atoms with E-state index in [4.69, 9.17) is 21.3 Å². The Kier molecular flexibility index (Phi) is 5.62. The highest BCUT2D eigenvalue weighted by Crippen LogP contribution is 2.29. The second-order valence-electron chi connectivity index (χ2n) is 7.50. The van der Waals surface area contributed by atoms with Crippen molar-refractivity contribution in [1.82, 2.24) is 14.8 Å². The lowest BCUT2D eigenvalue weighted by Crippen LogP contribution is -2.46. The predicted octanol–water partition coefficient (Wildman–Crippen LogP) is 3.27. The van der Waals surface area contributed by atoms with Crippen LogP contribution in [0.25, 0.3) is 10.9 Å². The number of amides is 1. The molecule has 0 N–H and O–H groups in total. The standard InChI is InChI=1S/C21H26ClN3O2/c1-15-17-4-2-3-5-18(17)23-19(20(15)22)14-24-8-6-16(7-9-24)21(26)25-10-12-27-13-11-25/h2-5,16H,6-14H2,1H3. The van der Waals surface area contributed by atoms with Crippen molar-refractivity contribution in [1.29, 1.82) is 0 Å². The van der Waals surface area contributed by atoms with Gasteiger partial charge in [0, 0.05) is 30.9 Å². The van der Waals surface area contributed by atoms with Gasteiger partial charge in [-0.2, -0.15) is 0 Å². The van der Waals surface area contributed by atoms with Gasteiger partial charge in [-0.25, -0.2) is 4.98 Å². The van der Waals surface area contributed by atoms with Gasteiger partial charge in [-0.05, 0) is 44.5 Å². The van der Waals surface area contributed by atoms with E-state index in [1.807, 2.05) is 23.1 Å². The number of aryl methyl sites for hydroxylation is 1. The molecule has 27 heavy (non-hydrogen) atoms. The van der Waals surface area contributed by atoms with Crippen LogP contribution in [0.5, 0.6) is 0 Å². The zero-order chi connectivity index (χ0) is 18.8. The van der Waals surface area contributed by atoms with Gasteiger partial charge in [0.05, 0.1) is 29.4 Å². The topological polar surface area (TPSA) is 45.7 Å². The summed E-state index contributed by atoms with van der Waals surface area (Å²) in [6.07, 6.45) is 1.81. The average Bonchev–Trinajstić information content (AvgIpc) is 2.72. The molecule has 1 amide bonds. The molecule has 0 radical (unpaired) electrons. The fourth-order valence-corrected chi connectivity index (χ4v) is 4.32. The number of hydrogen-bond donors (Lipinski definition) is 0. The molecule has 6 heteroatoms. The Morgan fingerprint density at radius 3 is 2.63 bits per heavy atom. The van der Waals surface area contributed by atoms with Crippen LogP contribution in [0.15, 0.2) is 24.3 Å². The summed E-state index contributed by atoms with van der Waals surface area (Å²) in [5.41, 5.74) is 3.02. The van der Waals surface area contributed by atoms with Crippen LogP contribution in [-0.2, 0) is 16.1 Å². The zero-order valence-corrected chi connectivity index (χ0v) is 16.5. The van der Waals surface area contributed by atoms with E-state index >= 15 is 0 Å². The Morgan fingerprint density at radius 2 is 1.89 bits per heavy atom. The maximum Gasteiger partial charge on any atom is 0.225 e. The molecule has 5 nitrogen and oxygen atoms in total. The molecular formula is C21H26ClN3O2. The molecule has 0 saturated carbocycles. The molecule has 3 heterocycles. The fraction of sp³-hybridized carbons (Fsp3) is 0.524. The summed E-state index contributed by atoms with van der Waals surface area (Å²) in [4.78, 5) is 21.8. The highest BCUT2D eigenvalue weighted by atomic mass is 35.5. The first-order valence-electron chi connectivity index (χ1n) is 9.76. The number of hydrogen-bond acceptors (Lipinski definition) is 4. The number of nitrogens with zero attached hydrogens (tertiary/aromatic N) is 3. The Bertz CT molecular complexity index is 828. The van der Waals surface area contributed by atoms with Gasteiger partial charge in [0.2, 0.25) is 5.91 Å². The molecular weight excluding hydrogens is 362 g/mol. The summed E-state index contributed by atoms with van der Waals surface area (Å²) in [7, 11) is 0. The second kappa shape index (κ2) is 8.13. The van der Waals surface area contributed by atoms with Gasteiger partial charge in [-0.15, -0.1) is 0 Å². The smallest absolute Gasteiger partial charge is 0.225 e. The van der Waals surface area contributed by atoms with Crippen molar-refractivity contribution in [3.63, 3.8) is 0 Å². The van der Waals surface area contributed by atoms with Crippen LogP contribution >= 0.6 is 11.6 Å². The Balaban J connectivity index is 1.40. The molecule has 4 rings (SSSR count). The third-order valence-electron chi connectivity index (χ3n) is 5.78. The molecule has 2 aliphatic heterocycles. The van der Waals surface area contributed by atoms with E-state index in [0.717, 1.165) is 72.7 Å². The number of benzene rings is 1. The van der Waals surface area contributed by atoms with Gasteiger partial charge in [-0.1, -0.05) is 29.8 Å². The number of morpholine rings is 1. The van der Waals surface area contributed by atoms with Crippen molar-refractivity contribution in [3.05, 3.63) is 40.5 Å². The zero-order valence-electron chi connectivity index (χ0n) is 15.8. The van der Waals surface area contributed by atoms with E-state index in [9.17, 15) is 4.79 Å². The number of aromatic nitrogens is 1. The lowest BCUT2D eigenvalue weighted by molar-refractivity contribution is -0.141. The van der Waals surface area contributed by atoms with Crippen LogP contribution in [0.1, 0.15) is 24.1 Å². The van der Waals surface area contributed by atoms with Crippen LogP contribution in [0.4, 0.5) is 0 Å².